The number of hydrogen-bond donors (Lipinski definition) is 1. The van der Waals surface area contributed by atoms with Crippen LogP contribution in [0.2, 0.25) is 5.02 Å². The zero-order valence-electron chi connectivity index (χ0n) is 12.6. The summed E-state index contributed by atoms with van der Waals surface area (Å²) in [5, 5.41) is 4.25. The van der Waals surface area contributed by atoms with Crippen LogP contribution in [-0.2, 0) is 13.0 Å². The van der Waals surface area contributed by atoms with Gasteiger partial charge in [0, 0.05) is 24.8 Å². The highest BCUT2D eigenvalue weighted by atomic mass is 35.5. The van der Waals surface area contributed by atoms with Crippen molar-refractivity contribution in [3.05, 3.63) is 58.6 Å². The van der Waals surface area contributed by atoms with Crippen molar-refractivity contribution < 1.29 is 0 Å². The Morgan fingerprint density at radius 2 is 1.95 bits per heavy atom. The van der Waals surface area contributed by atoms with Gasteiger partial charge in [0.2, 0.25) is 0 Å². The fourth-order valence-corrected chi connectivity index (χ4v) is 3.09. The lowest BCUT2D eigenvalue weighted by Gasteiger charge is -2.21. The molecule has 0 aromatic heterocycles. The second-order valence-corrected chi connectivity index (χ2v) is 6.26. The Hall–Kier alpha value is -1.51. The molecule has 0 saturated heterocycles. The fraction of sp³-hybridized carbons (Fsp3) is 0.333. The van der Waals surface area contributed by atoms with Gasteiger partial charge in [0.1, 0.15) is 0 Å². The molecule has 3 rings (SSSR count). The van der Waals surface area contributed by atoms with E-state index in [1.54, 1.807) is 0 Å². The Morgan fingerprint density at radius 3 is 2.71 bits per heavy atom. The summed E-state index contributed by atoms with van der Waals surface area (Å²) >= 11 is 6.52. The Morgan fingerprint density at radius 1 is 1.14 bits per heavy atom. The van der Waals surface area contributed by atoms with E-state index in [1.165, 1.54) is 16.8 Å². The molecule has 0 aliphatic carbocycles. The average molecular weight is 301 g/mol. The molecule has 0 saturated carbocycles. The van der Waals surface area contributed by atoms with Crippen molar-refractivity contribution in [2.45, 2.75) is 32.9 Å². The highest BCUT2D eigenvalue weighted by Gasteiger charge is 2.21. The summed E-state index contributed by atoms with van der Waals surface area (Å²) in [5.74, 6) is 0. The summed E-state index contributed by atoms with van der Waals surface area (Å²) in [7, 11) is 0. The SMILES string of the molecule is CC(C)NCc1ccc(N2CCc3ccccc32)c(Cl)c1. The minimum atomic E-state index is 0.480. The molecule has 110 valence electrons. The number of anilines is 2. The van der Waals surface area contributed by atoms with Gasteiger partial charge >= 0.3 is 0 Å². The van der Waals surface area contributed by atoms with Gasteiger partial charge in [0.05, 0.1) is 10.7 Å². The number of halogens is 1. The first-order chi connectivity index (χ1) is 10.1. The van der Waals surface area contributed by atoms with E-state index < -0.39 is 0 Å². The van der Waals surface area contributed by atoms with Gasteiger partial charge in [-0.15, -0.1) is 0 Å². The molecule has 3 heteroatoms. The number of para-hydroxylation sites is 1. The summed E-state index contributed by atoms with van der Waals surface area (Å²) in [6.45, 7) is 6.16. The lowest BCUT2D eigenvalue weighted by Crippen LogP contribution is -2.22. The van der Waals surface area contributed by atoms with E-state index in [0.717, 1.165) is 30.2 Å². The molecule has 0 radical (unpaired) electrons. The van der Waals surface area contributed by atoms with E-state index in [2.05, 4.69) is 66.5 Å². The van der Waals surface area contributed by atoms with Crippen LogP contribution in [0, 0.1) is 0 Å². The Kier molecular flexibility index (Phi) is 4.18. The molecule has 1 aliphatic heterocycles. The third-order valence-electron chi connectivity index (χ3n) is 3.90. The van der Waals surface area contributed by atoms with Crippen LogP contribution >= 0.6 is 11.6 Å². The van der Waals surface area contributed by atoms with Crippen molar-refractivity contribution in [3.63, 3.8) is 0 Å². The Labute approximate surface area is 131 Å². The molecule has 2 aromatic carbocycles. The van der Waals surface area contributed by atoms with Gasteiger partial charge in [0.25, 0.3) is 0 Å². The smallest absolute Gasteiger partial charge is 0.0646 e. The molecular weight excluding hydrogens is 280 g/mol. The van der Waals surface area contributed by atoms with Crippen molar-refractivity contribution in [2.75, 3.05) is 11.4 Å². The molecule has 2 nitrogen and oxygen atoms in total. The van der Waals surface area contributed by atoms with E-state index in [4.69, 9.17) is 11.6 Å². The van der Waals surface area contributed by atoms with Crippen LogP contribution in [0.4, 0.5) is 11.4 Å². The number of fused-ring (bicyclic) bond motifs is 1. The van der Waals surface area contributed by atoms with Crippen LogP contribution in [0.1, 0.15) is 25.0 Å². The monoisotopic (exact) mass is 300 g/mol. The zero-order chi connectivity index (χ0) is 14.8. The van der Waals surface area contributed by atoms with Gasteiger partial charge in [-0.25, -0.2) is 0 Å². The first-order valence-electron chi connectivity index (χ1n) is 7.52. The van der Waals surface area contributed by atoms with Crippen LogP contribution in [0.5, 0.6) is 0 Å². The lowest BCUT2D eigenvalue weighted by atomic mass is 10.1. The van der Waals surface area contributed by atoms with Crippen molar-refractivity contribution in [1.82, 2.24) is 5.32 Å². The van der Waals surface area contributed by atoms with E-state index in [0.29, 0.717) is 6.04 Å². The molecule has 1 heterocycles. The molecule has 21 heavy (non-hydrogen) atoms. The van der Waals surface area contributed by atoms with E-state index >= 15 is 0 Å². The largest absolute Gasteiger partial charge is 0.340 e. The number of benzene rings is 2. The predicted octanol–water partition coefficient (Wildman–Crippen LogP) is 4.53. The third-order valence-corrected chi connectivity index (χ3v) is 4.21. The van der Waals surface area contributed by atoms with Gasteiger partial charge in [-0.05, 0) is 35.7 Å². The quantitative estimate of drug-likeness (QED) is 0.892. The lowest BCUT2D eigenvalue weighted by molar-refractivity contribution is 0.589. The minimum Gasteiger partial charge on any atom is -0.340 e. The molecule has 0 amide bonds. The first-order valence-corrected chi connectivity index (χ1v) is 7.90. The molecule has 0 fully saturated rings. The standard InChI is InChI=1S/C18H21ClN2/c1-13(2)20-12-14-7-8-18(16(19)11-14)21-10-9-15-5-3-4-6-17(15)21/h3-8,11,13,20H,9-10,12H2,1-2H3. The molecule has 1 N–H and O–H groups in total. The molecule has 0 atom stereocenters. The third kappa shape index (κ3) is 3.07. The highest BCUT2D eigenvalue weighted by Crippen LogP contribution is 2.38. The summed E-state index contributed by atoms with van der Waals surface area (Å²) in [6, 6.07) is 15.4. The van der Waals surface area contributed by atoms with E-state index in [-0.39, 0.29) is 0 Å². The summed E-state index contributed by atoms with van der Waals surface area (Å²) in [6.07, 6.45) is 1.09. The second-order valence-electron chi connectivity index (χ2n) is 5.85. The second kappa shape index (κ2) is 6.08. The van der Waals surface area contributed by atoms with Crippen molar-refractivity contribution in [2.24, 2.45) is 0 Å². The number of hydrogen-bond acceptors (Lipinski definition) is 2. The maximum atomic E-state index is 6.52. The van der Waals surface area contributed by atoms with Crippen LogP contribution < -0.4 is 10.2 Å². The van der Waals surface area contributed by atoms with Crippen LogP contribution in [0.25, 0.3) is 0 Å². The number of nitrogens with one attached hydrogen (secondary N) is 1. The molecular formula is C18H21ClN2. The summed E-state index contributed by atoms with van der Waals surface area (Å²) in [5.41, 5.74) is 5.02. The maximum absolute atomic E-state index is 6.52. The molecule has 0 spiro atoms. The Balaban J connectivity index is 1.84. The van der Waals surface area contributed by atoms with Crippen molar-refractivity contribution >= 4 is 23.0 Å². The Bertz CT molecular complexity index is 637. The van der Waals surface area contributed by atoms with Gasteiger partial charge in [-0.3, -0.25) is 0 Å². The maximum Gasteiger partial charge on any atom is 0.0646 e. The minimum absolute atomic E-state index is 0.480. The van der Waals surface area contributed by atoms with Gasteiger partial charge in [-0.2, -0.15) is 0 Å². The average Bonchev–Trinajstić information content (AvgIpc) is 2.89. The zero-order valence-corrected chi connectivity index (χ0v) is 13.3. The predicted molar refractivity (Wildman–Crippen MR) is 90.6 cm³/mol. The van der Waals surface area contributed by atoms with Crippen molar-refractivity contribution in [3.8, 4) is 0 Å². The van der Waals surface area contributed by atoms with Crippen molar-refractivity contribution in [1.29, 1.82) is 0 Å². The highest BCUT2D eigenvalue weighted by molar-refractivity contribution is 6.33. The first kappa shape index (κ1) is 14.4. The van der Waals surface area contributed by atoms with Crippen LogP contribution in [0.3, 0.4) is 0 Å². The normalized spacial score (nSPS) is 13.8. The topological polar surface area (TPSA) is 15.3 Å². The molecule has 2 aromatic rings. The van der Waals surface area contributed by atoms with Gasteiger partial charge < -0.3 is 10.2 Å². The van der Waals surface area contributed by atoms with E-state index in [1.807, 2.05) is 0 Å². The van der Waals surface area contributed by atoms with E-state index in [9.17, 15) is 0 Å². The van der Waals surface area contributed by atoms with Crippen LogP contribution in [0.15, 0.2) is 42.5 Å². The molecule has 0 bridgehead atoms. The summed E-state index contributed by atoms with van der Waals surface area (Å²) < 4.78 is 0. The fourth-order valence-electron chi connectivity index (χ4n) is 2.79. The molecule has 0 unspecified atom stereocenters. The van der Waals surface area contributed by atoms with Crippen LogP contribution in [-0.4, -0.2) is 12.6 Å². The van der Waals surface area contributed by atoms with Gasteiger partial charge in [0.15, 0.2) is 0 Å². The van der Waals surface area contributed by atoms with Gasteiger partial charge in [-0.1, -0.05) is 49.7 Å². The summed E-state index contributed by atoms with van der Waals surface area (Å²) in [4.78, 5) is 2.32. The molecule has 1 aliphatic rings. The number of rotatable bonds is 4. The number of nitrogens with zero attached hydrogens (tertiary/aromatic N) is 1.